The predicted molar refractivity (Wildman–Crippen MR) is 78.2 cm³/mol. The van der Waals surface area contributed by atoms with Crippen molar-refractivity contribution in [2.75, 3.05) is 42.4 Å². The monoisotopic (exact) mass is 270 g/mol. The van der Waals surface area contributed by atoms with Gasteiger partial charge in [-0.2, -0.15) is 0 Å². The van der Waals surface area contributed by atoms with Crippen LogP contribution in [0, 0.1) is 0 Å². The van der Waals surface area contributed by atoms with Gasteiger partial charge < -0.3 is 10.2 Å². The Bertz CT molecular complexity index is 452. The average Bonchev–Trinajstić information content (AvgIpc) is 2.29. The lowest BCUT2D eigenvalue weighted by atomic mass is 10.2. The Morgan fingerprint density at radius 2 is 1.72 bits per heavy atom. The number of nitrogens with zero attached hydrogens (tertiary/aromatic N) is 1. The predicted octanol–water partition coefficient (Wildman–Crippen LogP) is 1.99. The van der Waals surface area contributed by atoms with Crippen LogP contribution in [0.3, 0.4) is 0 Å². The first-order chi connectivity index (χ1) is 8.44. The summed E-state index contributed by atoms with van der Waals surface area (Å²) in [5.41, 5.74) is 2.08. The molecule has 0 heterocycles. The van der Waals surface area contributed by atoms with Crippen LogP contribution in [0.1, 0.15) is 13.3 Å². The minimum absolute atomic E-state index is 0.191. The van der Waals surface area contributed by atoms with Crippen LogP contribution in [-0.2, 0) is 9.84 Å². The molecule has 0 radical (unpaired) electrons. The van der Waals surface area contributed by atoms with Gasteiger partial charge in [-0.25, -0.2) is 8.42 Å². The van der Waals surface area contributed by atoms with Crippen molar-refractivity contribution in [1.82, 2.24) is 0 Å². The van der Waals surface area contributed by atoms with Crippen LogP contribution >= 0.6 is 0 Å². The van der Waals surface area contributed by atoms with E-state index in [0.29, 0.717) is 13.0 Å². The second kappa shape index (κ2) is 6.64. The minimum atomic E-state index is -2.89. The average molecular weight is 270 g/mol. The molecule has 0 bridgehead atoms. The molecule has 18 heavy (non-hydrogen) atoms. The van der Waals surface area contributed by atoms with Crippen molar-refractivity contribution in [3.05, 3.63) is 24.3 Å². The second-order valence-electron chi connectivity index (χ2n) is 4.52. The summed E-state index contributed by atoms with van der Waals surface area (Å²) in [4.78, 5) is 2.02. The van der Waals surface area contributed by atoms with E-state index in [1.807, 2.05) is 50.2 Å². The van der Waals surface area contributed by atoms with Crippen LogP contribution < -0.4 is 10.2 Å². The number of anilines is 2. The molecule has 0 aromatic heterocycles. The zero-order valence-electron chi connectivity index (χ0n) is 11.3. The first-order valence-electron chi connectivity index (χ1n) is 6.16. The molecule has 0 spiro atoms. The molecule has 1 N–H and O–H groups in total. The maximum absolute atomic E-state index is 11.5. The number of rotatable bonds is 7. The Morgan fingerprint density at radius 3 is 2.22 bits per heavy atom. The van der Waals surface area contributed by atoms with Gasteiger partial charge in [-0.15, -0.1) is 0 Å². The summed E-state index contributed by atoms with van der Waals surface area (Å²) in [7, 11) is 1.08. The van der Waals surface area contributed by atoms with Gasteiger partial charge in [0, 0.05) is 37.8 Å². The summed E-state index contributed by atoms with van der Waals surface area (Å²) < 4.78 is 23.0. The Hall–Kier alpha value is -1.23. The number of hydrogen-bond donors (Lipinski definition) is 1. The molecule has 0 unspecified atom stereocenters. The second-order valence-corrected chi connectivity index (χ2v) is 6.82. The van der Waals surface area contributed by atoms with Crippen molar-refractivity contribution < 1.29 is 8.42 Å². The normalized spacial score (nSPS) is 11.3. The van der Waals surface area contributed by atoms with Gasteiger partial charge in [-0.3, -0.25) is 0 Å². The number of hydrogen-bond acceptors (Lipinski definition) is 4. The highest BCUT2D eigenvalue weighted by atomic mass is 32.2. The van der Waals surface area contributed by atoms with Crippen molar-refractivity contribution in [3.63, 3.8) is 0 Å². The molecule has 1 aromatic rings. The summed E-state index contributed by atoms with van der Waals surface area (Å²) in [6.45, 7) is 2.34. The van der Waals surface area contributed by atoms with E-state index in [1.54, 1.807) is 0 Å². The SMILES string of the molecule is CCCS(=O)(=O)CCNc1ccc(N(C)C)cc1. The summed E-state index contributed by atoms with van der Waals surface area (Å²) in [6.07, 6.45) is 0.680. The van der Waals surface area contributed by atoms with E-state index in [2.05, 4.69) is 5.32 Å². The van der Waals surface area contributed by atoms with Gasteiger partial charge in [0.1, 0.15) is 0 Å². The Labute approximate surface area is 110 Å². The molecule has 102 valence electrons. The Kier molecular flexibility index (Phi) is 5.47. The molecular weight excluding hydrogens is 248 g/mol. The maximum atomic E-state index is 11.5. The lowest BCUT2D eigenvalue weighted by Gasteiger charge is -2.13. The van der Waals surface area contributed by atoms with E-state index < -0.39 is 9.84 Å². The zero-order valence-corrected chi connectivity index (χ0v) is 12.1. The van der Waals surface area contributed by atoms with Crippen LogP contribution in [0.5, 0.6) is 0 Å². The zero-order chi connectivity index (χ0) is 13.6. The Morgan fingerprint density at radius 1 is 1.11 bits per heavy atom. The topological polar surface area (TPSA) is 49.4 Å². The molecule has 0 amide bonds. The van der Waals surface area contributed by atoms with Crippen molar-refractivity contribution in [2.24, 2.45) is 0 Å². The molecule has 0 aliphatic heterocycles. The van der Waals surface area contributed by atoms with Crippen molar-refractivity contribution in [2.45, 2.75) is 13.3 Å². The van der Waals surface area contributed by atoms with Crippen LogP contribution in [0.2, 0.25) is 0 Å². The van der Waals surface area contributed by atoms with Gasteiger partial charge in [0.25, 0.3) is 0 Å². The van der Waals surface area contributed by atoms with Gasteiger partial charge >= 0.3 is 0 Å². The number of benzene rings is 1. The Balaban J connectivity index is 2.45. The fourth-order valence-electron chi connectivity index (χ4n) is 1.64. The first kappa shape index (κ1) is 14.8. The van der Waals surface area contributed by atoms with Gasteiger partial charge in [-0.1, -0.05) is 6.92 Å². The molecule has 1 aromatic carbocycles. The summed E-state index contributed by atoms with van der Waals surface area (Å²) in [5.74, 6) is 0.463. The molecule has 0 aliphatic rings. The third-order valence-electron chi connectivity index (χ3n) is 2.64. The van der Waals surface area contributed by atoms with E-state index in [0.717, 1.165) is 11.4 Å². The van der Waals surface area contributed by atoms with Crippen LogP contribution in [0.4, 0.5) is 11.4 Å². The molecule has 5 heteroatoms. The summed E-state index contributed by atoms with van der Waals surface area (Å²) >= 11 is 0. The summed E-state index contributed by atoms with van der Waals surface area (Å²) in [6, 6.07) is 7.93. The van der Waals surface area contributed by atoms with E-state index in [4.69, 9.17) is 0 Å². The quantitative estimate of drug-likeness (QED) is 0.823. The number of nitrogens with one attached hydrogen (secondary N) is 1. The van der Waals surface area contributed by atoms with E-state index in [9.17, 15) is 8.42 Å². The van der Waals surface area contributed by atoms with E-state index in [-0.39, 0.29) is 11.5 Å². The number of sulfone groups is 1. The van der Waals surface area contributed by atoms with Crippen LogP contribution in [0.25, 0.3) is 0 Å². The third-order valence-corrected chi connectivity index (χ3v) is 4.50. The maximum Gasteiger partial charge on any atom is 0.152 e. The fraction of sp³-hybridized carbons (Fsp3) is 0.538. The van der Waals surface area contributed by atoms with Crippen molar-refractivity contribution >= 4 is 21.2 Å². The van der Waals surface area contributed by atoms with Crippen molar-refractivity contribution in [3.8, 4) is 0 Å². The highest BCUT2D eigenvalue weighted by Crippen LogP contribution is 2.15. The van der Waals surface area contributed by atoms with E-state index in [1.165, 1.54) is 0 Å². The highest BCUT2D eigenvalue weighted by Gasteiger charge is 2.08. The fourth-order valence-corrected chi connectivity index (χ4v) is 2.88. The summed E-state index contributed by atoms with van der Waals surface area (Å²) in [5, 5.41) is 3.13. The third kappa shape index (κ3) is 4.96. The standard InChI is InChI=1S/C13H22N2O2S/c1-4-10-18(16,17)11-9-14-12-5-7-13(8-6-12)15(2)3/h5-8,14H,4,9-11H2,1-3H3. The van der Waals surface area contributed by atoms with E-state index >= 15 is 0 Å². The van der Waals surface area contributed by atoms with Gasteiger partial charge in [0.15, 0.2) is 9.84 Å². The van der Waals surface area contributed by atoms with Gasteiger partial charge in [0.2, 0.25) is 0 Å². The van der Waals surface area contributed by atoms with Crippen molar-refractivity contribution in [1.29, 1.82) is 0 Å². The minimum Gasteiger partial charge on any atom is -0.384 e. The lowest BCUT2D eigenvalue weighted by molar-refractivity contribution is 0.595. The lowest BCUT2D eigenvalue weighted by Crippen LogP contribution is -2.18. The molecular formula is C13H22N2O2S. The van der Waals surface area contributed by atoms with Gasteiger partial charge in [0.05, 0.1) is 5.75 Å². The molecule has 0 saturated carbocycles. The molecule has 0 atom stereocenters. The first-order valence-corrected chi connectivity index (χ1v) is 7.98. The van der Waals surface area contributed by atoms with Crippen LogP contribution in [0.15, 0.2) is 24.3 Å². The molecule has 0 saturated heterocycles. The van der Waals surface area contributed by atoms with Gasteiger partial charge in [-0.05, 0) is 30.7 Å². The largest absolute Gasteiger partial charge is 0.384 e. The highest BCUT2D eigenvalue weighted by molar-refractivity contribution is 7.91. The molecule has 1 rings (SSSR count). The van der Waals surface area contributed by atoms with Crippen LogP contribution in [-0.4, -0.2) is 40.6 Å². The molecule has 0 aliphatic carbocycles. The molecule has 4 nitrogen and oxygen atoms in total. The smallest absolute Gasteiger partial charge is 0.152 e. The molecule has 0 fully saturated rings.